The first kappa shape index (κ1) is 15.1. The molecule has 1 atom stereocenters. The Labute approximate surface area is 145 Å². The normalized spacial score (nSPS) is 18.0. The largest absolute Gasteiger partial charge is 0.322 e. The van der Waals surface area contributed by atoms with Gasteiger partial charge in [0.1, 0.15) is 5.37 Å². The van der Waals surface area contributed by atoms with Crippen LogP contribution in [0.5, 0.6) is 0 Å². The summed E-state index contributed by atoms with van der Waals surface area (Å²) in [7, 11) is 0. The van der Waals surface area contributed by atoms with Crippen LogP contribution >= 0.6 is 43.6 Å². The van der Waals surface area contributed by atoms with Crippen molar-refractivity contribution in [2.75, 3.05) is 12.3 Å². The zero-order valence-electron chi connectivity index (χ0n) is 11.1. The molecule has 0 bridgehead atoms. The molecule has 0 radical (unpaired) electrons. The third-order valence-electron chi connectivity index (χ3n) is 3.38. The van der Waals surface area contributed by atoms with Gasteiger partial charge in [0, 0.05) is 26.8 Å². The number of benzene rings is 2. The Bertz CT molecular complexity index is 660. The fourth-order valence-corrected chi connectivity index (χ4v) is 4.29. The van der Waals surface area contributed by atoms with Crippen LogP contribution < -0.4 is 0 Å². The van der Waals surface area contributed by atoms with Crippen LogP contribution in [0, 0.1) is 0 Å². The first-order valence-corrected chi connectivity index (χ1v) is 9.22. The molecule has 2 aromatic carbocycles. The van der Waals surface area contributed by atoms with E-state index in [-0.39, 0.29) is 11.3 Å². The van der Waals surface area contributed by atoms with E-state index in [0.717, 1.165) is 26.8 Å². The first-order valence-electron chi connectivity index (χ1n) is 6.59. The van der Waals surface area contributed by atoms with Gasteiger partial charge in [-0.2, -0.15) is 0 Å². The van der Waals surface area contributed by atoms with Gasteiger partial charge >= 0.3 is 0 Å². The molecule has 1 heterocycles. The molecule has 0 saturated carbocycles. The van der Waals surface area contributed by atoms with Gasteiger partial charge in [0.15, 0.2) is 0 Å². The van der Waals surface area contributed by atoms with Crippen LogP contribution in [-0.4, -0.2) is 23.1 Å². The maximum atomic E-state index is 12.7. The lowest BCUT2D eigenvalue weighted by molar-refractivity contribution is 0.0760. The molecule has 1 saturated heterocycles. The molecular weight excluding hydrogens is 414 g/mol. The average molecular weight is 427 g/mol. The van der Waals surface area contributed by atoms with Crippen LogP contribution in [0.3, 0.4) is 0 Å². The summed E-state index contributed by atoms with van der Waals surface area (Å²) in [4.78, 5) is 14.7. The zero-order valence-corrected chi connectivity index (χ0v) is 15.1. The minimum Gasteiger partial charge on any atom is -0.322 e. The van der Waals surface area contributed by atoms with Crippen molar-refractivity contribution in [3.63, 3.8) is 0 Å². The number of rotatable bonds is 2. The van der Waals surface area contributed by atoms with E-state index in [1.165, 1.54) is 5.56 Å². The lowest BCUT2D eigenvalue weighted by atomic mass is 10.1. The van der Waals surface area contributed by atoms with E-state index in [2.05, 4.69) is 44.0 Å². The van der Waals surface area contributed by atoms with E-state index >= 15 is 0 Å². The van der Waals surface area contributed by atoms with Crippen LogP contribution in [-0.2, 0) is 0 Å². The summed E-state index contributed by atoms with van der Waals surface area (Å²) in [6, 6.07) is 15.8. The Morgan fingerprint density at radius 2 is 1.86 bits per heavy atom. The second-order valence-electron chi connectivity index (χ2n) is 4.78. The van der Waals surface area contributed by atoms with Gasteiger partial charge in [-0.3, -0.25) is 4.79 Å². The van der Waals surface area contributed by atoms with Crippen molar-refractivity contribution in [1.29, 1.82) is 0 Å². The van der Waals surface area contributed by atoms with Crippen molar-refractivity contribution in [2.45, 2.75) is 5.37 Å². The van der Waals surface area contributed by atoms with Crippen molar-refractivity contribution >= 4 is 49.5 Å². The summed E-state index contributed by atoms with van der Waals surface area (Å²) >= 11 is 8.69. The standard InChI is InChI=1S/C16H13Br2NOS/c17-13-6-4-11(5-7-13)16-19(8-9-21-16)15(20)12-2-1-3-14(18)10-12/h1-7,10,16H,8-9H2. The van der Waals surface area contributed by atoms with Crippen LogP contribution in [0.1, 0.15) is 21.3 Å². The first-order chi connectivity index (χ1) is 10.1. The minimum atomic E-state index is 0.0919. The predicted octanol–water partition coefficient (Wildman–Crippen LogP) is 5.10. The highest BCUT2D eigenvalue weighted by Crippen LogP contribution is 2.39. The van der Waals surface area contributed by atoms with Crippen LogP contribution in [0.25, 0.3) is 0 Å². The van der Waals surface area contributed by atoms with Gasteiger partial charge in [-0.05, 0) is 35.9 Å². The highest BCUT2D eigenvalue weighted by molar-refractivity contribution is 9.10. The van der Waals surface area contributed by atoms with Gasteiger partial charge in [0.25, 0.3) is 5.91 Å². The smallest absolute Gasteiger partial charge is 0.255 e. The lowest BCUT2D eigenvalue weighted by Crippen LogP contribution is -2.30. The van der Waals surface area contributed by atoms with Crippen molar-refractivity contribution in [2.24, 2.45) is 0 Å². The second-order valence-corrected chi connectivity index (χ2v) is 7.80. The van der Waals surface area contributed by atoms with E-state index in [9.17, 15) is 4.79 Å². The van der Waals surface area contributed by atoms with Crippen LogP contribution in [0.4, 0.5) is 0 Å². The summed E-state index contributed by atoms with van der Waals surface area (Å²) in [5.41, 5.74) is 1.90. The predicted molar refractivity (Wildman–Crippen MR) is 94.5 cm³/mol. The van der Waals surface area contributed by atoms with Gasteiger partial charge in [0.05, 0.1) is 0 Å². The summed E-state index contributed by atoms with van der Waals surface area (Å²) in [6.45, 7) is 0.788. The number of halogens is 2. The lowest BCUT2D eigenvalue weighted by Gasteiger charge is -2.24. The maximum absolute atomic E-state index is 12.7. The molecule has 3 rings (SSSR count). The maximum Gasteiger partial charge on any atom is 0.255 e. The molecule has 0 aliphatic carbocycles. The molecule has 1 aliphatic rings. The molecule has 1 fully saturated rings. The van der Waals surface area contributed by atoms with E-state index < -0.39 is 0 Å². The Kier molecular flexibility index (Phi) is 4.72. The molecule has 2 aromatic rings. The molecule has 108 valence electrons. The Hall–Kier alpha value is -0.780. The zero-order chi connectivity index (χ0) is 14.8. The quantitative estimate of drug-likeness (QED) is 0.665. The summed E-state index contributed by atoms with van der Waals surface area (Å²) in [5, 5.41) is 0.101. The minimum absolute atomic E-state index is 0.0919. The number of hydrogen-bond acceptors (Lipinski definition) is 2. The summed E-state index contributed by atoms with van der Waals surface area (Å²) in [5.74, 6) is 1.06. The van der Waals surface area contributed by atoms with Gasteiger partial charge < -0.3 is 4.90 Å². The van der Waals surface area contributed by atoms with Crippen LogP contribution in [0.2, 0.25) is 0 Å². The molecule has 1 unspecified atom stereocenters. The van der Waals surface area contributed by atoms with Crippen molar-refractivity contribution in [3.8, 4) is 0 Å². The fourth-order valence-electron chi connectivity index (χ4n) is 2.37. The van der Waals surface area contributed by atoms with Crippen LogP contribution in [0.15, 0.2) is 57.5 Å². The number of carbonyl (C=O) groups excluding carboxylic acids is 1. The Balaban J connectivity index is 1.87. The molecule has 5 heteroatoms. The van der Waals surface area contributed by atoms with Gasteiger partial charge in [0.2, 0.25) is 0 Å². The number of nitrogens with zero attached hydrogens (tertiary/aromatic N) is 1. The molecule has 2 nitrogen and oxygen atoms in total. The van der Waals surface area contributed by atoms with E-state index in [1.807, 2.05) is 53.1 Å². The van der Waals surface area contributed by atoms with Crippen molar-refractivity contribution in [1.82, 2.24) is 4.90 Å². The van der Waals surface area contributed by atoms with Gasteiger partial charge in [-0.25, -0.2) is 0 Å². The Morgan fingerprint density at radius 1 is 1.10 bits per heavy atom. The van der Waals surface area contributed by atoms with Gasteiger partial charge in [-0.1, -0.05) is 50.1 Å². The number of amides is 1. The number of carbonyl (C=O) groups is 1. The second kappa shape index (κ2) is 6.55. The monoisotopic (exact) mass is 425 g/mol. The SMILES string of the molecule is O=C(c1cccc(Br)c1)N1CCSC1c1ccc(Br)cc1. The Morgan fingerprint density at radius 3 is 2.57 bits per heavy atom. The summed E-state index contributed by atoms with van der Waals surface area (Å²) in [6.07, 6.45) is 0. The van der Waals surface area contributed by atoms with Gasteiger partial charge in [-0.15, -0.1) is 11.8 Å². The van der Waals surface area contributed by atoms with Crippen molar-refractivity contribution in [3.05, 3.63) is 68.6 Å². The molecule has 21 heavy (non-hydrogen) atoms. The van der Waals surface area contributed by atoms with E-state index in [4.69, 9.17) is 0 Å². The van der Waals surface area contributed by atoms with E-state index in [0.29, 0.717) is 0 Å². The molecule has 1 amide bonds. The third kappa shape index (κ3) is 3.35. The summed E-state index contributed by atoms with van der Waals surface area (Å²) < 4.78 is 1.99. The highest BCUT2D eigenvalue weighted by Gasteiger charge is 2.31. The third-order valence-corrected chi connectivity index (χ3v) is 5.66. The number of thioether (sulfide) groups is 1. The van der Waals surface area contributed by atoms with E-state index in [1.54, 1.807) is 0 Å². The molecule has 1 aliphatic heterocycles. The molecular formula is C16H13Br2NOS. The molecule has 0 aromatic heterocycles. The topological polar surface area (TPSA) is 20.3 Å². The fraction of sp³-hybridized carbons (Fsp3) is 0.188. The van der Waals surface area contributed by atoms with Crippen molar-refractivity contribution < 1.29 is 4.79 Å². The average Bonchev–Trinajstić information content (AvgIpc) is 2.96. The molecule has 0 spiro atoms. The highest BCUT2D eigenvalue weighted by atomic mass is 79.9. The molecule has 0 N–H and O–H groups in total. The number of hydrogen-bond donors (Lipinski definition) is 0.